The Morgan fingerprint density at radius 2 is 1.48 bits per heavy atom. The van der Waals surface area contributed by atoms with E-state index in [0.29, 0.717) is 35.1 Å². The van der Waals surface area contributed by atoms with Gasteiger partial charge in [-0.25, -0.2) is 0 Å². The van der Waals surface area contributed by atoms with Crippen molar-refractivity contribution in [2.45, 2.75) is 58.0 Å². The molecule has 0 spiro atoms. The van der Waals surface area contributed by atoms with Gasteiger partial charge < -0.3 is 15.4 Å². The van der Waals surface area contributed by atoms with Crippen LogP contribution in [-0.2, 0) is 0 Å². The number of alkyl halides is 3. The standard InChI is InChI=1S/C20H24F3N5O/c1-11(13-6-7-13)24-18-26-17(27-19(28-18)25-12(2)14-8-9-14)15-4-3-5-16(10-15)29-20(21,22)23/h3-5,10-14H,6-9H2,1-2H3,(H2,24,25,26,27,28). The number of hydrogen-bond acceptors (Lipinski definition) is 6. The summed E-state index contributed by atoms with van der Waals surface area (Å²) in [7, 11) is 0. The van der Waals surface area contributed by atoms with Crippen molar-refractivity contribution < 1.29 is 17.9 Å². The Bertz CT molecular complexity index is 829. The first-order valence-corrected chi connectivity index (χ1v) is 9.92. The average Bonchev–Trinajstić information content (AvgIpc) is 3.53. The van der Waals surface area contributed by atoms with Gasteiger partial charge in [-0.3, -0.25) is 0 Å². The Labute approximate surface area is 167 Å². The van der Waals surface area contributed by atoms with Gasteiger partial charge in [-0.2, -0.15) is 15.0 Å². The summed E-state index contributed by atoms with van der Waals surface area (Å²) in [6.07, 6.45) is -0.0600. The smallest absolute Gasteiger partial charge is 0.406 e. The van der Waals surface area contributed by atoms with Crippen LogP contribution in [0, 0.1) is 11.8 Å². The fourth-order valence-electron chi connectivity index (χ4n) is 3.30. The van der Waals surface area contributed by atoms with Crippen LogP contribution in [0.25, 0.3) is 11.4 Å². The Morgan fingerprint density at radius 3 is 1.97 bits per heavy atom. The van der Waals surface area contributed by atoms with Crippen molar-refractivity contribution in [2.24, 2.45) is 11.8 Å². The topological polar surface area (TPSA) is 72.0 Å². The van der Waals surface area contributed by atoms with Crippen LogP contribution in [0.4, 0.5) is 25.1 Å². The first-order chi connectivity index (χ1) is 13.8. The predicted molar refractivity (Wildman–Crippen MR) is 104 cm³/mol. The van der Waals surface area contributed by atoms with Gasteiger partial charge in [0, 0.05) is 17.6 Å². The maximum atomic E-state index is 12.6. The number of benzene rings is 1. The number of rotatable bonds is 8. The van der Waals surface area contributed by atoms with Crippen LogP contribution in [0.5, 0.6) is 5.75 Å². The third-order valence-electron chi connectivity index (χ3n) is 5.33. The highest BCUT2D eigenvalue weighted by Gasteiger charge is 2.32. The molecule has 2 aliphatic carbocycles. The summed E-state index contributed by atoms with van der Waals surface area (Å²) in [5.41, 5.74) is 0.429. The third kappa shape index (κ3) is 5.48. The molecule has 9 heteroatoms. The van der Waals surface area contributed by atoms with Gasteiger partial charge in [0.25, 0.3) is 0 Å². The van der Waals surface area contributed by atoms with Crippen LogP contribution in [0.1, 0.15) is 39.5 Å². The molecule has 0 saturated heterocycles. The lowest BCUT2D eigenvalue weighted by Crippen LogP contribution is -2.23. The summed E-state index contributed by atoms with van der Waals surface area (Å²) >= 11 is 0. The van der Waals surface area contributed by atoms with Gasteiger partial charge in [0.2, 0.25) is 11.9 Å². The minimum absolute atomic E-state index is 0.221. The van der Waals surface area contributed by atoms with Crippen molar-refractivity contribution in [3.63, 3.8) is 0 Å². The molecule has 2 aliphatic rings. The summed E-state index contributed by atoms with van der Waals surface area (Å²) in [5.74, 6) is 2.02. The van der Waals surface area contributed by atoms with Crippen molar-refractivity contribution >= 4 is 11.9 Å². The van der Waals surface area contributed by atoms with E-state index >= 15 is 0 Å². The lowest BCUT2D eigenvalue weighted by Gasteiger charge is -2.17. The highest BCUT2D eigenvalue weighted by Crippen LogP contribution is 2.35. The minimum atomic E-state index is -4.75. The summed E-state index contributed by atoms with van der Waals surface area (Å²) in [6.45, 7) is 4.16. The number of nitrogens with one attached hydrogen (secondary N) is 2. The number of nitrogens with zero attached hydrogens (tertiary/aromatic N) is 3. The van der Waals surface area contributed by atoms with Gasteiger partial charge >= 0.3 is 6.36 Å². The van der Waals surface area contributed by atoms with Crippen molar-refractivity contribution in [2.75, 3.05) is 10.6 Å². The third-order valence-corrected chi connectivity index (χ3v) is 5.33. The lowest BCUT2D eigenvalue weighted by atomic mass is 10.2. The maximum absolute atomic E-state index is 12.6. The molecule has 0 radical (unpaired) electrons. The van der Waals surface area contributed by atoms with Crippen molar-refractivity contribution in [3.05, 3.63) is 24.3 Å². The molecule has 1 heterocycles. The highest BCUT2D eigenvalue weighted by molar-refractivity contribution is 5.60. The highest BCUT2D eigenvalue weighted by atomic mass is 19.4. The molecule has 2 N–H and O–H groups in total. The molecule has 0 bridgehead atoms. The molecule has 2 unspecified atom stereocenters. The van der Waals surface area contributed by atoms with E-state index in [-0.39, 0.29) is 17.8 Å². The molecule has 1 aromatic carbocycles. The fraction of sp³-hybridized carbons (Fsp3) is 0.550. The van der Waals surface area contributed by atoms with E-state index in [1.165, 1.54) is 43.9 Å². The number of hydrogen-bond donors (Lipinski definition) is 2. The number of ether oxygens (including phenoxy) is 1. The van der Waals surface area contributed by atoms with Crippen LogP contribution in [0.15, 0.2) is 24.3 Å². The Hall–Kier alpha value is -2.58. The zero-order chi connectivity index (χ0) is 20.6. The van der Waals surface area contributed by atoms with Crippen LogP contribution in [0.2, 0.25) is 0 Å². The van der Waals surface area contributed by atoms with Gasteiger partial charge in [0.1, 0.15) is 5.75 Å². The quantitative estimate of drug-likeness (QED) is 0.651. The summed E-state index contributed by atoms with van der Waals surface area (Å²) in [5, 5.41) is 6.62. The molecular weight excluding hydrogens is 383 g/mol. The first-order valence-electron chi connectivity index (χ1n) is 9.92. The normalized spacial score (nSPS) is 18.8. The molecule has 1 aromatic heterocycles. The largest absolute Gasteiger partial charge is 0.573 e. The summed E-state index contributed by atoms with van der Waals surface area (Å²) in [6, 6.07) is 6.12. The monoisotopic (exact) mass is 407 g/mol. The summed E-state index contributed by atoms with van der Waals surface area (Å²) < 4.78 is 41.7. The van der Waals surface area contributed by atoms with E-state index in [1.807, 2.05) is 0 Å². The fourth-order valence-corrected chi connectivity index (χ4v) is 3.30. The summed E-state index contributed by atoms with van der Waals surface area (Å²) in [4.78, 5) is 13.4. The second kappa shape index (κ2) is 7.68. The second-order valence-electron chi connectivity index (χ2n) is 7.92. The number of halogens is 3. The number of aromatic nitrogens is 3. The van der Waals surface area contributed by atoms with Crippen molar-refractivity contribution in [1.82, 2.24) is 15.0 Å². The van der Waals surface area contributed by atoms with E-state index in [9.17, 15) is 13.2 Å². The molecule has 6 nitrogen and oxygen atoms in total. The average molecular weight is 407 g/mol. The van der Waals surface area contributed by atoms with E-state index in [2.05, 4.69) is 44.2 Å². The molecule has 2 atom stereocenters. The Balaban J connectivity index is 1.62. The van der Waals surface area contributed by atoms with Crippen LogP contribution in [-0.4, -0.2) is 33.4 Å². The number of anilines is 2. The SMILES string of the molecule is CC(Nc1nc(NC(C)C2CC2)nc(-c2cccc(OC(F)(F)F)c2)n1)C1CC1. The van der Waals surface area contributed by atoms with Gasteiger partial charge in [-0.1, -0.05) is 12.1 Å². The molecule has 156 valence electrons. The first kappa shape index (κ1) is 19.7. The van der Waals surface area contributed by atoms with E-state index < -0.39 is 6.36 Å². The predicted octanol–water partition coefficient (Wildman–Crippen LogP) is 4.86. The van der Waals surface area contributed by atoms with Crippen LogP contribution < -0.4 is 15.4 Å². The zero-order valence-electron chi connectivity index (χ0n) is 16.3. The van der Waals surface area contributed by atoms with E-state index in [4.69, 9.17) is 0 Å². The molecule has 2 aromatic rings. The second-order valence-corrected chi connectivity index (χ2v) is 7.92. The van der Waals surface area contributed by atoms with Crippen LogP contribution in [0.3, 0.4) is 0 Å². The van der Waals surface area contributed by atoms with Gasteiger partial charge in [-0.15, -0.1) is 13.2 Å². The molecule has 2 fully saturated rings. The van der Waals surface area contributed by atoms with E-state index in [0.717, 1.165) is 0 Å². The molecule has 4 rings (SSSR count). The Kier molecular flexibility index (Phi) is 5.23. The zero-order valence-corrected chi connectivity index (χ0v) is 16.3. The lowest BCUT2D eigenvalue weighted by molar-refractivity contribution is -0.274. The van der Waals surface area contributed by atoms with Crippen molar-refractivity contribution in [3.8, 4) is 17.1 Å². The molecule has 0 aliphatic heterocycles. The Morgan fingerprint density at radius 1 is 0.931 bits per heavy atom. The van der Waals surface area contributed by atoms with E-state index in [1.54, 1.807) is 6.07 Å². The molecule has 0 amide bonds. The van der Waals surface area contributed by atoms with Gasteiger partial charge in [0.05, 0.1) is 0 Å². The molecule has 2 saturated carbocycles. The molecule has 29 heavy (non-hydrogen) atoms. The van der Waals surface area contributed by atoms with Crippen molar-refractivity contribution in [1.29, 1.82) is 0 Å². The minimum Gasteiger partial charge on any atom is -0.406 e. The van der Waals surface area contributed by atoms with Crippen LogP contribution >= 0.6 is 0 Å². The van der Waals surface area contributed by atoms with Gasteiger partial charge in [-0.05, 0) is 63.5 Å². The molecular formula is C20H24F3N5O. The maximum Gasteiger partial charge on any atom is 0.573 e. The van der Waals surface area contributed by atoms with Gasteiger partial charge in [0.15, 0.2) is 5.82 Å².